The van der Waals surface area contributed by atoms with E-state index in [0.29, 0.717) is 11.1 Å². The van der Waals surface area contributed by atoms with Crippen LogP contribution < -0.4 is 0 Å². The van der Waals surface area contributed by atoms with Gasteiger partial charge in [-0.25, -0.2) is 15.0 Å². The van der Waals surface area contributed by atoms with E-state index in [0.717, 1.165) is 22.2 Å². The van der Waals surface area contributed by atoms with Crippen molar-refractivity contribution in [3.05, 3.63) is 29.5 Å². The third-order valence-corrected chi connectivity index (χ3v) is 3.57. The maximum atomic E-state index is 5.39. The summed E-state index contributed by atoms with van der Waals surface area (Å²) >= 11 is 1.44. The highest BCUT2D eigenvalue weighted by molar-refractivity contribution is 7.99. The van der Waals surface area contributed by atoms with Gasteiger partial charge in [0.2, 0.25) is 0 Å². The molecule has 0 amide bonds. The molecule has 0 atom stereocenters. The molecule has 2 rings (SSSR count). The fraction of sp³-hybridized carbons (Fsp3) is 0.533. The molecule has 0 spiro atoms. The SMILES string of the molecule is Cc1coc(Sc2cc(C(C)(C)C)nc(C(C)C)n2)n1. The van der Waals surface area contributed by atoms with Crippen molar-refractivity contribution in [2.45, 2.75) is 63.1 Å². The van der Waals surface area contributed by atoms with Crippen LogP contribution in [-0.2, 0) is 5.41 Å². The van der Waals surface area contributed by atoms with Crippen LogP contribution in [0.3, 0.4) is 0 Å². The first-order valence-corrected chi connectivity index (χ1v) is 7.57. The van der Waals surface area contributed by atoms with Gasteiger partial charge in [0, 0.05) is 11.3 Å². The highest BCUT2D eigenvalue weighted by Crippen LogP contribution is 2.30. The van der Waals surface area contributed by atoms with Gasteiger partial charge in [-0.3, -0.25) is 0 Å². The highest BCUT2D eigenvalue weighted by atomic mass is 32.2. The zero-order valence-corrected chi connectivity index (χ0v) is 13.7. The van der Waals surface area contributed by atoms with E-state index in [4.69, 9.17) is 4.42 Å². The molecule has 0 saturated heterocycles. The molecule has 2 heterocycles. The van der Waals surface area contributed by atoms with Crippen molar-refractivity contribution in [3.8, 4) is 0 Å². The molecule has 0 saturated carbocycles. The molecule has 4 nitrogen and oxygen atoms in total. The van der Waals surface area contributed by atoms with Crippen molar-refractivity contribution in [3.63, 3.8) is 0 Å². The van der Waals surface area contributed by atoms with E-state index >= 15 is 0 Å². The average molecular weight is 291 g/mol. The van der Waals surface area contributed by atoms with E-state index in [1.54, 1.807) is 6.26 Å². The van der Waals surface area contributed by atoms with Crippen LogP contribution in [0.15, 0.2) is 27.0 Å². The van der Waals surface area contributed by atoms with Gasteiger partial charge in [-0.2, -0.15) is 0 Å². The molecule has 5 heteroatoms. The van der Waals surface area contributed by atoms with Crippen LogP contribution in [0.25, 0.3) is 0 Å². The van der Waals surface area contributed by atoms with Crippen LogP contribution >= 0.6 is 11.8 Å². The molecule has 108 valence electrons. The molecule has 0 unspecified atom stereocenters. The summed E-state index contributed by atoms with van der Waals surface area (Å²) in [6.07, 6.45) is 1.65. The fourth-order valence-corrected chi connectivity index (χ4v) is 2.38. The zero-order valence-electron chi connectivity index (χ0n) is 12.9. The summed E-state index contributed by atoms with van der Waals surface area (Å²) in [5.74, 6) is 1.16. The van der Waals surface area contributed by atoms with Gasteiger partial charge in [0.05, 0.1) is 11.4 Å². The molecular formula is C15H21N3OS. The lowest BCUT2D eigenvalue weighted by Crippen LogP contribution is -2.16. The minimum absolute atomic E-state index is 0.00556. The second-order valence-electron chi connectivity index (χ2n) is 6.21. The number of nitrogens with zero attached hydrogens (tertiary/aromatic N) is 3. The Morgan fingerprint density at radius 3 is 2.35 bits per heavy atom. The Bertz CT molecular complexity index is 599. The maximum absolute atomic E-state index is 5.39. The Labute approximate surface area is 124 Å². The Morgan fingerprint density at radius 1 is 1.15 bits per heavy atom. The minimum Gasteiger partial charge on any atom is -0.439 e. The monoisotopic (exact) mass is 291 g/mol. The quantitative estimate of drug-likeness (QED) is 0.787. The Kier molecular flexibility index (Phi) is 4.18. The Morgan fingerprint density at radius 2 is 1.85 bits per heavy atom. The number of rotatable bonds is 3. The lowest BCUT2D eigenvalue weighted by molar-refractivity contribution is 0.453. The summed E-state index contributed by atoms with van der Waals surface area (Å²) in [7, 11) is 0. The van der Waals surface area contributed by atoms with Gasteiger partial charge in [0.1, 0.15) is 17.1 Å². The summed E-state index contributed by atoms with van der Waals surface area (Å²) in [6, 6.07) is 2.02. The standard InChI is InChI=1S/C15H21N3OS/c1-9(2)13-17-11(15(4,5)6)7-12(18-13)20-14-16-10(3)8-19-14/h7-9H,1-6H3. The second kappa shape index (κ2) is 5.56. The summed E-state index contributed by atoms with van der Waals surface area (Å²) in [6.45, 7) is 12.6. The lowest BCUT2D eigenvalue weighted by atomic mass is 9.92. The predicted molar refractivity (Wildman–Crippen MR) is 80.2 cm³/mol. The van der Waals surface area contributed by atoms with Crippen molar-refractivity contribution in [2.75, 3.05) is 0 Å². The molecule has 0 aliphatic carbocycles. The second-order valence-corrected chi connectivity index (χ2v) is 7.18. The number of oxazole rings is 1. The van der Waals surface area contributed by atoms with Gasteiger partial charge in [-0.15, -0.1) is 0 Å². The average Bonchev–Trinajstić information content (AvgIpc) is 2.73. The van der Waals surface area contributed by atoms with E-state index in [1.165, 1.54) is 11.8 Å². The van der Waals surface area contributed by atoms with Gasteiger partial charge in [-0.1, -0.05) is 34.6 Å². The minimum atomic E-state index is -0.00556. The van der Waals surface area contributed by atoms with E-state index in [2.05, 4.69) is 49.6 Å². The van der Waals surface area contributed by atoms with Gasteiger partial charge in [0.15, 0.2) is 0 Å². The topological polar surface area (TPSA) is 51.8 Å². The van der Waals surface area contributed by atoms with Crippen molar-refractivity contribution < 1.29 is 4.42 Å². The molecule has 0 N–H and O–H groups in total. The van der Waals surface area contributed by atoms with Crippen molar-refractivity contribution in [1.82, 2.24) is 15.0 Å². The van der Waals surface area contributed by atoms with Crippen LogP contribution in [0.5, 0.6) is 0 Å². The molecule has 0 aromatic carbocycles. The largest absolute Gasteiger partial charge is 0.439 e. The Balaban J connectivity index is 2.39. The van der Waals surface area contributed by atoms with Crippen LogP contribution in [-0.4, -0.2) is 15.0 Å². The molecule has 0 fully saturated rings. The van der Waals surface area contributed by atoms with Crippen LogP contribution in [0.4, 0.5) is 0 Å². The summed E-state index contributed by atoms with van der Waals surface area (Å²) in [5.41, 5.74) is 1.91. The van der Waals surface area contributed by atoms with Gasteiger partial charge < -0.3 is 4.42 Å². The lowest BCUT2D eigenvalue weighted by Gasteiger charge is -2.19. The molecule has 0 aliphatic heterocycles. The first kappa shape index (κ1) is 15.0. The van der Waals surface area contributed by atoms with Crippen molar-refractivity contribution >= 4 is 11.8 Å². The predicted octanol–water partition coefficient (Wildman–Crippen LogP) is 4.35. The smallest absolute Gasteiger partial charge is 0.262 e. The molecule has 0 bridgehead atoms. The van der Waals surface area contributed by atoms with Crippen molar-refractivity contribution in [1.29, 1.82) is 0 Å². The van der Waals surface area contributed by atoms with Crippen LogP contribution in [0.2, 0.25) is 0 Å². The van der Waals surface area contributed by atoms with Crippen LogP contribution in [0.1, 0.15) is 57.7 Å². The number of aryl methyl sites for hydroxylation is 1. The summed E-state index contributed by atoms with van der Waals surface area (Å²) < 4.78 is 5.39. The van der Waals surface area contributed by atoms with Gasteiger partial charge in [0.25, 0.3) is 5.22 Å². The number of aromatic nitrogens is 3. The van der Waals surface area contributed by atoms with E-state index in [9.17, 15) is 0 Å². The maximum Gasteiger partial charge on any atom is 0.262 e. The number of hydrogen-bond acceptors (Lipinski definition) is 5. The molecule has 20 heavy (non-hydrogen) atoms. The van der Waals surface area contributed by atoms with E-state index < -0.39 is 0 Å². The third-order valence-electron chi connectivity index (χ3n) is 2.79. The van der Waals surface area contributed by atoms with E-state index in [1.807, 2.05) is 13.0 Å². The highest BCUT2D eigenvalue weighted by Gasteiger charge is 2.20. The first-order chi connectivity index (χ1) is 9.25. The third kappa shape index (κ3) is 3.60. The molecular weight excluding hydrogens is 270 g/mol. The molecule has 0 radical (unpaired) electrons. The van der Waals surface area contributed by atoms with Crippen molar-refractivity contribution in [2.24, 2.45) is 0 Å². The van der Waals surface area contributed by atoms with E-state index in [-0.39, 0.29) is 5.41 Å². The van der Waals surface area contributed by atoms with Gasteiger partial charge in [-0.05, 0) is 24.8 Å². The fourth-order valence-electron chi connectivity index (χ4n) is 1.61. The normalized spacial score (nSPS) is 12.2. The molecule has 0 aliphatic rings. The zero-order chi connectivity index (χ0) is 14.9. The summed E-state index contributed by atoms with van der Waals surface area (Å²) in [4.78, 5) is 13.6. The first-order valence-electron chi connectivity index (χ1n) is 6.75. The van der Waals surface area contributed by atoms with Crippen LogP contribution in [0, 0.1) is 6.92 Å². The molecule has 2 aromatic heterocycles. The Hall–Kier alpha value is -1.36. The van der Waals surface area contributed by atoms with Gasteiger partial charge >= 0.3 is 0 Å². The number of hydrogen-bond donors (Lipinski definition) is 0. The summed E-state index contributed by atoms with van der Waals surface area (Å²) in [5, 5.41) is 1.51. The molecule has 2 aromatic rings.